The second-order valence-corrected chi connectivity index (χ2v) is 11.8. The maximum absolute atomic E-state index is 10.8. The fourth-order valence-corrected chi connectivity index (χ4v) is 3.82. The third-order valence-electron chi connectivity index (χ3n) is 6.21. The molecule has 6 heteroatoms. The normalized spacial score (nSPS) is 11.2. The molecule has 0 fully saturated rings. The second-order valence-electron chi connectivity index (χ2n) is 11.5. The Kier molecular flexibility index (Phi) is 9.78. The Labute approximate surface area is 241 Å². The Bertz CT molecular complexity index is 1490. The Morgan fingerprint density at radius 3 is 1.70 bits per heavy atom. The molecule has 0 aliphatic heterocycles. The molecule has 0 amide bonds. The molecule has 1 aromatic heterocycles. The van der Waals surface area contributed by atoms with Gasteiger partial charge in [0.1, 0.15) is 11.3 Å². The zero-order valence-electron chi connectivity index (χ0n) is 23.9. The topological polar surface area (TPSA) is 89.4 Å². The fraction of sp³-hybridized carbons (Fsp3) is 0.235. The van der Waals surface area contributed by atoms with Crippen LogP contribution in [-0.4, -0.2) is 15.3 Å². The van der Waals surface area contributed by atoms with Gasteiger partial charge in [-0.15, -0.1) is 0 Å². The molecule has 0 aliphatic carbocycles. The Hall–Kier alpha value is -4.09. The highest BCUT2D eigenvalue weighted by molar-refractivity contribution is 6.67. The molecule has 3 N–H and O–H groups in total. The van der Waals surface area contributed by atoms with E-state index in [9.17, 15) is 4.79 Å². The number of hydrogen-bond acceptors (Lipinski definition) is 5. The maximum atomic E-state index is 10.8. The zero-order valence-corrected chi connectivity index (χ0v) is 24.7. The van der Waals surface area contributed by atoms with Gasteiger partial charge >= 0.3 is 0 Å². The number of anilines is 1. The SMILES string of the molecule is CC(C)(C)c1ccc(-c2nc3ccccc3o2)cc1.CC(C)(C)c1ccc(C(=O)Cl)cc1.Nc1ccccc1O. The number of aromatic hydroxyl groups is 1. The highest BCUT2D eigenvalue weighted by Crippen LogP contribution is 2.28. The predicted molar refractivity (Wildman–Crippen MR) is 166 cm³/mol. The summed E-state index contributed by atoms with van der Waals surface area (Å²) in [6.07, 6.45) is 0. The number of phenolic OH excluding ortho intramolecular Hbond substituents is 1. The van der Waals surface area contributed by atoms with Gasteiger partial charge in [-0.25, -0.2) is 4.98 Å². The van der Waals surface area contributed by atoms with Crippen molar-refractivity contribution in [1.29, 1.82) is 0 Å². The lowest BCUT2D eigenvalue weighted by Crippen LogP contribution is -2.10. The van der Waals surface area contributed by atoms with Crippen LogP contribution in [0.2, 0.25) is 0 Å². The summed E-state index contributed by atoms with van der Waals surface area (Å²) in [6.45, 7) is 13.0. The van der Waals surface area contributed by atoms with Crippen LogP contribution in [0.4, 0.5) is 5.69 Å². The number of phenols is 1. The molecule has 0 aliphatic rings. The van der Waals surface area contributed by atoms with Crippen molar-refractivity contribution in [1.82, 2.24) is 4.98 Å². The number of nitrogens with zero attached hydrogens (tertiary/aromatic N) is 1. The molecule has 0 spiro atoms. The summed E-state index contributed by atoms with van der Waals surface area (Å²) in [6, 6.07) is 30.4. The van der Waals surface area contributed by atoms with Crippen LogP contribution in [-0.2, 0) is 10.8 Å². The quantitative estimate of drug-likeness (QED) is 0.128. The summed E-state index contributed by atoms with van der Waals surface area (Å²) in [5.41, 5.74) is 11.8. The highest BCUT2D eigenvalue weighted by atomic mass is 35.5. The standard InChI is InChI=1S/C17H17NO.C11H13ClO.C6H7NO/c1-17(2,3)13-10-8-12(9-11-13)16-18-14-6-4-5-7-15(14)19-16;1-11(2,3)9-6-4-8(5-7-9)10(12)13;7-5-3-1-2-4-6(5)8/h4-11H,1-3H3;4-7H,1-3H3;1-4,8H,7H2. The summed E-state index contributed by atoms with van der Waals surface area (Å²) >= 11 is 5.33. The second kappa shape index (κ2) is 12.8. The van der Waals surface area contributed by atoms with Gasteiger partial charge in [0.05, 0.1) is 5.69 Å². The Morgan fingerprint density at radius 1 is 0.750 bits per heavy atom. The van der Waals surface area contributed by atoms with Gasteiger partial charge in [-0.05, 0) is 82.1 Å². The van der Waals surface area contributed by atoms with Crippen LogP contribution in [0.15, 0.2) is 101 Å². The van der Waals surface area contributed by atoms with Crippen LogP contribution in [0.1, 0.15) is 63.0 Å². The van der Waals surface area contributed by atoms with Crippen molar-refractivity contribution in [2.75, 3.05) is 5.73 Å². The monoisotopic (exact) mass is 556 g/mol. The van der Waals surface area contributed by atoms with E-state index < -0.39 is 5.24 Å². The van der Waals surface area contributed by atoms with Crippen LogP contribution in [0.5, 0.6) is 5.75 Å². The van der Waals surface area contributed by atoms with Crippen molar-refractivity contribution in [2.45, 2.75) is 52.4 Å². The number of para-hydroxylation sites is 4. The van der Waals surface area contributed by atoms with Crippen LogP contribution >= 0.6 is 11.6 Å². The average molecular weight is 557 g/mol. The van der Waals surface area contributed by atoms with Gasteiger partial charge < -0.3 is 15.3 Å². The van der Waals surface area contributed by atoms with Gasteiger partial charge in [0.15, 0.2) is 5.58 Å². The summed E-state index contributed by atoms with van der Waals surface area (Å²) in [7, 11) is 0. The van der Waals surface area contributed by atoms with Crippen LogP contribution in [0, 0.1) is 0 Å². The van der Waals surface area contributed by atoms with E-state index in [-0.39, 0.29) is 16.6 Å². The lowest BCUT2D eigenvalue weighted by molar-refractivity contribution is 0.108. The van der Waals surface area contributed by atoms with Crippen molar-refractivity contribution in [2.24, 2.45) is 0 Å². The lowest BCUT2D eigenvalue weighted by atomic mass is 9.87. The first-order valence-corrected chi connectivity index (χ1v) is 13.4. The molecule has 1 heterocycles. The van der Waals surface area contributed by atoms with Gasteiger partial charge in [-0.3, -0.25) is 4.79 Å². The smallest absolute Gasteiger partial charge is 0.252 e. The molecule has 4 aromatic carbocycles. The summed E-state index contributed by atoms with van der Waals surface area (Å²) in [4.78, 5) is 15.3. The number of rotatable bonds is 2. The van der Waals surface area contributed by atoms with E-state index >= 15 is 0 Å². The van der Waals surface area contributed by atoms with Crippen LogP contribution in [0.3, 0.4) is 0 Å². The minimum absolute atomic E-state index is 0.119. The van der Waals surface area contributed by atoms with Crippen LogP contribution in [0.25, 0.3) is 22.6 Å². The number of nitrogens with two attached hydrogens (primary N) is 1. The number of halogens is 1. The first kappa shape index (κ1) is 30.5. The number of hydrogen-bond donors (Lipinski definition) is 2. The molecule has 0 unspecified atom stereocenters. The fourth-order valence-electron chi connectivity index (χ4n) is 3.70. The number of aromatic nitrogens is 1. The van der Waals surface area contributed by atoms with Gasteiger partial charge in [-0.2, -0.15) is 0 Å². The summed E-state index contributed by atoms with van der Waals surface area (Å²) in [5, 5.41) is 8.39. The molecule has 40 heavy (non-hydrogen) atoms. The number of carbonyl (C=O) groups excluding carboxylic acids is 1. The van der Waals surface area contributed by atoms with E-state index in [1.165, 1.54) is 11.1 Å². The van der Waals surface area contributed by atoms with Gasteiger partial charge in [0.25, 0.3) is 5.24 Å². The van der Waals surface area contributed by atoms with Gasteiger partial charge in [-0.1, -0.05) is 90.1 Å². The van der Waals surface area contributed by atoms with Crippen LogP contribution < -0.4 is 5.73 Å². The molecule has 208 valence electrons. The van der Waals surface area contributed by atoms with Crippen molar-refractivity contribution < 1.29 is 14.3 Å². The minimum Gasteiger partial charge on any atom is -0.506 e. The van der Waals surface area contributed by atoms with E-state index in [0.717, 1.165) is 16.7 Å². The van der Waals surface area contributed by atoms with Crippen molar-refractivity contribution >= 4 is 33.6 Å². The molecule has 0 saturated heterocycles. The Balaban J connectivity index is 0.000000182. The number of carbonyl (C=O) groups is 1. The molecule has 5 nitrogen and oxygen atoms in total. The largest absolute Gasteiger partial charge is 0.506 e. The zero-order chi connectivity index (χ0) is 29.5. The highest BCUT2D eigenvalue weighted by Gasteiger charge is 2.15. The number of nitrogen functional groups attached to an aromatic ring is 1. The van der Waals surface area contributed by atoms with Crippen molar-refractivity contribution in [3.05, 3.63) is 114 Å². The molecule has 0 atom stereocenters. The van der Waals surface area contributed by atoms with E-state index in [2.05, 4.69) is 70.8 Å². The molecule has 0 radical (unpaired) electrons. The van der Waals surface area contributed by atoms with Gasteiger partial charge in [0, 0.05) is 11.1 Å². The molecule has 0 bridgehead atoms. The number of fused-ring (bicyclic) bond motifs is 1. The van der Waals surface area contributed by atoms with Crippen molar-refractivity contribution in [3.8, 4) is 17.2 Å². The van der Waals surface area contributed by atoms with E-state index in [1.807, 2.05) is 36.4 Å². The average Bonchev–Trinajstić information content (AvgIpc) is 3.35. The molecule has 0 saturated carbocycles. The number of benzene rings is 4. The minimum atomic E-state index is -0.402. The van der Waals surface area contributed by atoms with Gasteiger partial charge in [0.2, 0.25) is 5.89 Å². The number of oxazole rings is 1. The van der Waals surface area contributed by atoms with E-state index in [0.29, 0.717) is 17.1 Å². The first-order valence-electron chi connectivity index (χ1n) is 13.1. The molecule has 5 aromatic rings. The maximum Gasteiger partial charge on any atom is 0.252 e. The molecule has 5 rings (SSSR count). The van der Waals surface area contributed by atoms with E-state index in [4.69, 9.17) is 26.9 Å². The third kappa shape index (κ3) is 8.45. The first-order chi connectivity index (χ1) is 18.8. The van der Waals surface area contributed by atoms with Crippen molar-refractivity contribution in [3.63, 3.8) is 0 Å². The predicted octanol–water partition coefficient (Wildman–Crippen LogP) is 9.13. The lowest BCUT2D eigenvalue weighted by Gasteiger charge is -2.18. The summed E-state index contributed by atoms with van der Waals surface area (Å²) < 4.78 is 5.77. The molecular formula is C34H37ClN2O3. The van der Waals surface area contributed by atoms with E-state index in [1.54, 1.807) is 36.4 Å². The summed E-state index contributed by atoms with van der Waals surface area (Å²) in [5.74, 6) is 0.828. The third-order valence-corrected chi connectivity index (χ3v) is 6.42. The Morgan fingerprint density at radius 2 is 1.25 bits per heavy atom. The molecular weight excluding hydrogens is 520 g/mol.